The number of nitrogens with two attached hydrogens (primary N) is 2. The summed E-state index contributed by atoms with van der Waals surface area (Å²) in [6.45, 7) is 4.58. The fraction of sp³-hybridized carbons (Fsp3) is 0.273. The van der Waals surface area contributed by atoms with E-state index in [1.165, 1.54) is 0 Å². The van der Waals surface area contributed by atoms with Gasteiger partial charge in [0, 0.05) is 0 Å². The zero-order valence-corrected chi connectivity index (χ0v) is 9.47. The summed E-state index contributed by atoms with van der Waals surface area (Å²) < 4.78 is 5.42. The normalized spacial score (nSPS) is 10.4. The van der Waals surface area contributed by atoms with Crippen LogP contribution in [0.25, 0.3) is 0 Å². The smallest absolute Gasteiger partial charge is 0.211 e. The standard InChI is InChI=1S/C11H16N4O/c1-3-16-10-5-4-9(6-8(10)2)7-14-15-11(12)13/h4-7H,3H2,1-2H3,(H4,12,13,15). The second-order valence-corrected chi connectivity index (χ2v) is 3.23. The van der Waals surface area contributed by atoms with E-state index < -0.39 is 0 Å². The van der Waals surface area contributed by atoms with Crippen LogP contribution in [0.1, 0.15) is 18.1 Å². The quantitative estimate of drug-likeness (QED) is 0.451. The van der Waals surface area contributed by atoms with E-state index >= 15 is 0 Å². The Kier molecular flexibility index (Phi) is 4.32. The molecule has 0 saturated heterocycles. The fourth-order valence-electron chi connectivity index (χ4n) is 1.23. The van der Waals surface area contributed by atoms with E-state index in [4.69, 9.17) is 16.2 Å². The van der Waals surface area contributed by atoms with Gasteiger partial charge in [-0.05, 0) is 43.2 Å². The van der Waals surface area contributed by atoms with Gasteiger partial charge >= 0.3 is 0 Å². The number of guanidine groups is 1. The molecule has 4 N–H and O–H groups in total. The van der Waals surface area contributed by atoms with Gasteiger partial charge in [-0.1, -0.05) is 0 Å². The Hall–Kier alpha value is -2.04. The molecule has 0 atom stereocenters. The van der Waals surface area contributed by atoms with Crippen molar-refractivity contribution in [2.45, 2.75) is 13.8 Å². The Morgan fingerprint density at radius 3 is 2.75 bits per heavy atom. The first kappa shape index (κ1) is 12.0. The zero-order valence-electron chi connectivity index (χ0n) is 9.47. The highest BCUT2D eigenvalue weighted by molar-refractivity contribution is 5.82. The molecule has 0 aliphatic carbocycles. The molecule has 1 rings (SSSR count). The predicted molar refractivity (Wildman–Crippen MR) is 65.8 cm³/mol. The van der Waals surface area contributed by atoms with Crippen molar-refractivity contribution in [3.63, 3.8) is 0 Å². The zero-order chi connectivity index (χ0) is 12.0. The summed E-state index contributed by atoms with van der Waals surface area (Å²) in [7, 11) is 0. The van der Waals surface area contributed by atoms with Crippen LogP contribution in [-0.4, -0.2) is 18.8 Å². The summed E-state index contributed by atoms with van der Waals surface area (Å²) >= 11 is 0. The van der Waals surface area contributed by atoms with Gasteiger partial charge in [0.1, 0.15) is 5.75 Å². The van der Waals surface area contributed by atoms with Crippen molar-refractivity contribution in [3.05, 3.63) is 29.3 Å². The third-order valence-electron chi connectivity index (χ3n) is 1.88. The van der Waals surface area contributed by atoms with Gasteiger partial charge in [0.05, 0.1) is 12.8 Å². The van der Waals surface area contributed by atoms with Gasteiger partial charge in [0.2, 0.25) is 5.96 Å². The first-order valence-electron chi connectivity index (χ1n) is 4.99. The summed E-state index contributed by atoms with van der Waals surface area (Å²) in [5, 5.41) is 7.25. The van der Waals surface area contributed by atoms with Crippen molar-refractivity contribution < 1.29 is 4.74 Å². The Balaban J connectivity index is 2.81. The maximum atomic E-state index is 5.42. The van der Waals surface area contributed by atoms with Crippen molar-refractivity contribution in [2.75, 3.05) is 6.61 Å². The largest absolute Gasteiger partial charge is 0.494 e. The molecule has 0 saturated carbocycles. The number of rotatable bonds is 4. The highest BCUT2D eigenvalue weighted by Gasteiger charge is 1.98. The predicted octanol–water partition coefficient (Wildman–Crippen LogP) is 1.00. The minimum Gasteiger partial charge on any atom is -0.494 e. The molecule has 0 fully saturated rings. The summed E-state index contributed by atoms with van der Waals surface area (Å²) in [5.41, 5.74) is 12.3. The molecule has 0 unspecified atom stereocenters. The topological polar surface area (TPSA) is 86.0 Å². The van der Waals surface area contributed by atoms with Crippen LogP contribution in [0.2, 0.25) is 0 Å². The first-order valence-corrected chi connectivity index (χ1v) is 4.99. The van der Waals surface area contributed by atoms with Gasteiger partial charge < -0.3 is 16.2 Å². The molecule has 1 aromatic carbocycles. The Bertz CT molecular complexity index is 408. The van der Waals surface area contributed by atoms with Crippen molar-refractivity contribution in [3.8, 4) is 5.75 Å². The number of benzene rings is 1. The second-order valence-electron chi connectivity index (χ2n) is 3.23. The van der Waals surface area contributed by atoms with Crippen LogP contribution < -0.4 is 16.2 Å². The molecule has 0 aliphatic rings. The maximum Gasteiger partial charge on any atom is 0.211 e. The van der Waals surface area contributed by atoms with E-state index in [0.29, 0.717) is 6.61 Å². The molecule has 0 aromatic heterocycles. The number of ether oxygens (including phenoxy) is 1. The molecule has 0 amide bonds. The fourth-order valence-corrected chi connectivity index (χ4v) is 1.23. The molecule has 1 aromatic rings. The summed E-state index contributed by atoms with van der Waals surface area (Å²) in [6.07, 6.45) is 1.59. The number of hydrogen-bond donors (Lipinski definition) is 2. The van der Waals surface area contributed by atoms with Crippen LogP contribution in [0.15, 0.2) is 28.4 Å². The molecule has 0 bridgehead atoms. The molecule has 5 nitrogen and oxygen atoms in total. The second kappa shape index (κ2) is 5.75. The van der Waals surface area contributed by atoms with Crippen LogP contribution in [0.5, 0.6) is 5.75 Å². The van der Waals surface area contributed by atoms with E-state index in [2.05, 4.69) is 10.2 Å². The van der Waals surface area contributed by atoms with Gasteiger partial charge in [0.15, 0.2) is 0 Å². The number of aryl methyl sites for hydroxylation is 1. The van der Waals surface area contributed by atoms with E-state index in [9.17, 15) is 0 Å². The van der Waals surface area contributed by atoms with Crippen molar-refractivity contribution in [2.24, 2.45) is 21.7 Å². The molecular weight excluding hydrogens is 204 g/mol. The Labute approximate surface area is 94.8 Å². The third-order valence-corrected chi connectivity index (χ3v) is 1.88. The lowest BCUT2D eigenvalue weighted by molar-refractivity contribution is 0.338. The van der Waals surface area contributed by atoms with Crippen molar-refractivity contribution in [1.82, 2.24) is 0 Å². The first-order chi connectivity index (χ1) is 7.63. The summed E-state index contributed by atoms with van der Waals surface area (Å²) in [4.78, 5) is 0. The number of hydrogen-bond acceptors (Lipinski definition) is 3. The summed E-state index contributed by atoms with van der Waals surface area (Å²) in [6, 6.07) is 5.75. The van der Waals surface area contributed by atoms with Crippen molar-refractivity contribution >= 4 is 12.2 Å². The monoisotopic (exact) mass is 220 g/mol. The molecule has 5 heteroatoms. The van der Waals surface area contributed by atoms with E-state index in [1.807, 2.05) is 32.0 Å². The SMILES string of the molecule is CCOc1ccc(C=NN=C(N)N)cc1C. The van der Waals surface area contributed by atoms with Crippen LogP contribution >= 0.6 is 0 Å². The molecule has 0 heterocycles. The van der Waals surface area contributed by atoms with Gasteiger partial charge in [-0.25, -0.2) is 0 Å². The lowest BCUT2D eigenvalue weighted by Gasteiger charge is -2.06. The van der Waals surface area contributed by atoms with Crippen LogP contribution in [0, 0.1) is 6.92 Å². The highest BCUT2D eigenvalue weighted by atomic mass is 16.5. The Morgan fingerprint density at radius 2 is 2.19 bits per heavy atom. The molecule has 0 radical (unpaired) electrons. The van der Waals surface area contributed by atoms with Crippen LogP contribution in [0.4, 0.5) is 0 Å². The number of nitrogens with zero attached hydrogens (tertiary/aromatic N) is 2. The Morgan fingerprint density at radius 1 is 1.44 bits per heavy atom. The molecular formula is C11H16N4O. The van der Waals surface area contributed by atoms with E-state index in [-0.39, 0.29) is 5.96 Å². The average molecular weight is 220 g/mol. The average Bonchev–Trinajstić information content (AvgIpc) is 2.21. The highest BCUT2D eigenvalue weighted by Crippen LogP contribution is 2.18. The third kappa shape index (κ3) is 3.61. The maximum absolute atomic E-state index is 5.42. The molecule has 0 aliphatic heterocycles. The lowest BCUT2D eigenvalue weighted by Crippen LogP contribution is -2.21. The van der Waals surface area contributed by atoms with Gasteiger partial charge in [-0.2, -0.15) is 5.10 Å². The van der Waals surface area contributed by atoms with Gasteiger partial charge in [-0.15, -0.1) is 5.10 Å². The van der Waals surface area contributed by atoms with Crippen LogP contribution in [-0.2, 0) is 0 Å². The van der Waals surface area contributed by atoms with Crippen LogP contribution in [0.3, 0.4) is 0 Å². The van der Waals surface area contributed by atoms with E-state index in [0.717, 1.165) is 16.9 Å². The molecule has 16 heavy (non-hydrogen) atoms. The minimum atomic E-state index is -0.0566. The molecule has 0 spiro atoms. The molecule has 86 valence electrons. The van der Waals surface area contributed by atoms with E-state index in [1.54, 1.807) is 6.21 Å². The summed E-state index contributed by atoms with van der Waals surface area (Å²) in [5.74, 6) is 0.820. The minimum absolute atomic E-state index is 0.0566. The van der Waals surface area contributed by atoms with Gasteiger partial charge in [0.25, 0.3) is 0 Å². The van der Waals surface area contributed by atoms with Crippen molar-refractivity contribution in [1.29, 1.82) is 0 Å². The lowest BCUT2D eigenvalue weighted by atomic mass is 10.1. The van der Waals surface area contributed by atoms with Gasteiger partial charge in [-0.3, -0.25) is 0 Å².